The number of halogens is 1. The van der Waals surface area contributed by atoms with Gasteiger partial charge in [0.25, 0.3) is 0 Å². The zero-order valence-corrected chi connectivity index (χ0v) is 11.5. The topological polar surface area (TPSA) is 28.7 Å². The monoisotopic (exact) mass is 264 g/mol. The summed E-state index contributed by atoms with van der Waals surface area (Å²) in [5, 5.41) is 0.733. The maximum atomic E-state index is 6.12. The van der Waals surface area contributed by atoms with Gasteiger partial charge in [0.05, 0.1) is 5.69 Å². The van der Waals surface area contributed by atoms with E-state index in [0.29, 0.717) is 4.64 Å². The van der Waals surface area contributed by atoms with Crippen LogP contribution in [0.15, 0.2) is 18.2 Å². The van der Waals surface area contributed by atoms with E-state index in [1.54, 1.807) is 0 Å². The molecule has 88 valence electrons. The van der Waals surface area contributed by atoms with E-state index in [0.717, 1.165) is 33.2 Å². The molecule has 4 heteroatoms. The van der Waals surface area contributed by atoms with Crippen molar-refractivity contribution in [3.05, 3.63) is 44.8 Å². The smallest absolute Gasteiger partial charge is 0.130 e. The average Bonchev–Trinajstić information content (AvgIpc) is 2.27. The van der Waals surface area contributed by atoms with Gasteiger partial charge in [0.2, 0.25) is 0 Å². The molecule has 1 aromatic carbocycles. The molecule has 2 nitrogen and oxygen atoms in total. The molecule has 0 aliphatic carbocycles. The van der Waals surface area contributed by atoms with Gasteiger partial charge in [-0.25, -0.2) is 4.98 Å². The van der Waals surface area contributed by atoms with Crippen molar-refractivity contribution in [1.29, 1.82) is 0 Å². The second-order valence-electron chi connectivity index (χ2n) is 4.09. The van der Waals surface area contributed by atoms with Gasteiger partial charge in [-0.2, -0.15) is 0 Å². The third-order valence-corrected chi connectivity index (χ3v) is 3.49. The third-order valence-electron chi connectivity index (χ3n) is 2.78. The molecule has 0 atom stereocenters. The largest absolute Gasteiger partial charge is 0.347 e. The molecule has 17 heavy (non-hydrogen) atoms. The highest BCUT2D eigenvalue weighted by atomic mass is 35.5. The van der Waals surface area contributed by atoms with E-state index >= 15 is 0 Å². The van der Waals surface area contributed by atoms with Gasteiger partial charge < -0.3 is 4.98 Å². The van der Waals surface area contributed by atoms with Gasteiger partial charge in [0.15, 0.2) is 0 Å². The van der Waals surface area contributed by atoms with E-state index in [-0.39, 0.29) is 0 Å². The van der Waals surface area contributed by atoms with Crippen LogP contribution in [0.5, 0.6) is 0 Å². The van der Waals surface area contributed by atoms with Crippen molar-refractivity contribution in [3.63, 3.8) is 0 Å². The Morgan fingerprint density at radius 2 is 1.94 bits per heavy atom. The Balaban J connectivity index is 2.64. The maximum absolute atomic E-state index is 6.12. The van der Waals surface area contributed by atoms with Gasteiger partial charge in [0.1, 0.15) is 10.3 Å². The summed E-state index contributed by atoms with van der Waals surface area (Å²) in [5.74, 6) is 0. The molecule has 0 unspecified atom stereocenters. The highest BCUT2D eigenvalue weighted by Crippen LogP contribution is 2.24. The number of aromatic amines is 1. The molecule has 2 aromatic rings. The molecule has 0 saturated heterocycles. The van der Waals surface area contributed by atoms with Gasteiger partial charge in [-0.3, -0.25) is 0 Å². The molecular formula is C13H13ClN2S. The fraction of sp³-hybridized carbons (Fsp3) is 0.231. The molecule has 1 N–H and O–H groups in total. The van der Waals surface area contributed by atoms with Crippen LogP contribution in [-0.2, 0) is 0 Å². The van der Waals surface area contributed by atoms with Crippen molar-refractivity contribution in [2.24, 2.45) is 0 Å². The lowest BCUT2D eigenvalue weighted by atomic mass is 10.1. The number of nitrogens with one attached hydrogen (secondary N) is 1. The first-order chi connectivity index (χ1) is 7.99. The lowest BCUT2D eigenvalue weighted by Crippen LogP contribution is -1.96. The SMILES string of the molecule is Cc1ccc(-c2nc(C)c(C)[nH]c2=S)cc1Cl. The number of aryl methyl sites for hydroxylation is 3. The number of nitrogens with zero attached hydrogens (tertiary/aromatic N) is 1. The Bertz CT molecular complexity index is 632. The minimum absolute atomic E-state index is 0.646. The van der Waals surface area contributed by atoms with Crippen LogP contribution in [0.4, 0.5) is 0 Å². The van der Waals surface area contributed by atoms with Crippen molar-refractivity contribution in [2.45, 2.75) is 20.8 Å². The lowest BCUT2D eigenvalue weighted by molar-refractivity contribution is 1.04. The molecule has 1 heterocycles. The number of hydrogen-bond acceptors (Lipinski definition) is 2. The summed E-state index contributed by atoms with van der Waals surface area (Å²) in [6, 6.07) is 5.86. The van der Waals surface area contributed by atoms with Crippen LogP contribution in [0.25, 0.3) is 11.3 Å². The highest BCUT2D eigenvalue weighted by molar-refractivity contribution is 7.71. The van der Waals surface area contributed by atoms with Crippen LogP contribution in [0, 0.1) is 25.4 Å². The molecular weight excluding hydrogens is 252 g/mol. The molecule has 0 aliphatic rings. The van der Waals surface area contributed by atoms with Crippen LogP contribution in [0.2, 0.25) is 5.02 Å². The lowest BCUT2D eigenvalue weighted by Gasteiger charge is -2.07. The van der Waals surface area contributed by atoms with Crippen LogP contribution in [0.1, 0.15) is 17.0 Å². The Kier molecular flexibility index (Phi) is 3.31. The van der Waals surface area contributed by atoms with Crippen molar-refractivity contribution < 1.29 is 0 Å². The van der Waals surface area contributed by atoms with Crippen LogP contribution < -0.4 is 0 Å². The summed E-state index contributed by atoms with van der Waals surface area (Å²) in [6.45, 7) is 5.89. The minimum Gasteiger partial charge on any atom is -0.347 e. The van der Waals surface area contributed by atoms with Crippen LogP contribution in [-0.4, -0.2) is 9.97 Å². The van der Waals surface area contributed by atoms with Crippen molar-refractivity contribution >= 4 is 23.8 Å². The van der Waals surface area contributed by atoms with Gasteiger partial charge in [-0.15, -0.1) is 0 Å². The summed E-state index contributed by atoms with van der Waals surface area (Å²) < 4.78 is 0.646. The first-order valence-electron chi connectivity index (χ1n) is 5.33. The highest BCUT2D eigenvalue weighted by Gasteiger charge is 2.06. The minimum atomic E-state index is 0.646. The number of H-pyrrole nitrogens is 1. The first kappa shape index (κ1) is 12.3. The van der Waals surface area contributed by atoms with E-state index in [4.69, 9.17) is 23.8 Å². The third kappa shape index (κ3) is 2.40. The number of rotatable bonds is 1. The normalized spacial score (nSPS) is 10.6. The van der Waals surface area contributed by atoms with Crippen molar-refractivity contribution in [1.82, 2.24) is 9.97 Å². The molecule has 1 aromatic heterocycles. The fourth-order valence-corrected chi connectivity index (χ4v) is 2.06. The van der Waals surface area contributed by atoms with Crippen molar-refractivity contribution in [2.75, 3.05) is 0 Å². The zero-order chi connectivity index (χ0) is 12.6. The fourth-order valence-electron chi connectivity index (χ4n) is 1.56. The zero-order valence-electron chi connectivity index (χ0n) is 9.97. The van der Waals surface area contributed by atoms with E-state index in [1.807, 2.05) is 39.0 Å². The summed E-state index contributed by atoms with van der Waals surface area (Å²) in [6.07, 6.45) is 0. The Morgan fingerprint density at radius 3 is 2.59 bits per heavy atom. The number of benzene rings is 1. The van der Waals surface area contributed by atoms with Crippen LogP contribution in [0.3, 0.4) is 0 Å². The molecule has 0 amide bonds. The Hall–Kier alpha value is -1.19. The maximum Gasteiger partial charge on any atom is 0.130 e. The van der Waals surface area contributed by atoms with Crippen molar-refractivity contribution in [3.8, 4) is 11.3 Å². The van der Waals surface area contributed by atoms with Crippen LogP contribution >= 0.6 is 23.8 Å². The second-order valence-corrected chi connectivity index (χ2v) is 4.90. The molecule has 0 radical (unpaired) electrons. The summed E-state index contributed by atoms with van der Waals surface area (Å²) in [4.78, 5) is 7.67. The van der Waals surface area contributed by atoms with E-state index in [2.05, 4.69) is 9.97 Å². The quantitative estimate of drug-likeness (QED) is 0.774. The van der Waals surface area contributed by atoms with Gasteiger partial charge in [-0.05, 0) is 32.4 Å². The molecule has 0 saturated carbocycles. The summed E-state index contributed by atoms with van der Waals surface area (Å²) in [5.41, 5.74) is 4.73. The van der Waals surface area contributed by atoms with E-state index in [9.17, 15) is 0 Å². The Labute approximate surface area is 111 Å². The van der Waals surface area contributed by atoms with Gasteiger partial charge >= 0.3 is 0 Å². The molecule has 0 bridgehead atoms. The van der Waals surface area contributed by atoms with Gasteiger partial charge in [0, 0.05) is 16.3 Å². The predicted octanol–water partition coefficient (Wildman–Crippen LogP) is 4.38. The number of hydrogen-bond donors (Lipinski definition) is 1. The second kappa shape index (κ2) is 4.59. The van der Waals surface area contributed by atoms with E-state index < -0.39 is 0 Å². The predicted molar refractivity (Wildman–Crippen MR) is 74.1 cm³/mol. The van der Waals surface area contributed by atoms with E-state index in [1.165, 1.54) is 0 Å². The molecule has 2 rings (SSSR count). The number of aromatic nitrogens is 2. The molecule has 0 aliphatic heterocycles. The molecule has 0 spiro atoms. The Morgan fingerprint density at radius 1 is 1.24 bits per heavy atom. The summed E-state index contributed by atoms with van der Waals surface area (Å²) >= 11 is 11.4. The standard InChI is InChI=1S/C13H13ClN2S/c1-7-4-5-10(6-11(7)14)12-13(17)16-9(3)8(2)15-12/h4-6H,1-3H3,(H,16,17). The average molecular weight is 265 g/mol. The van der Waals surface area contributed by atoms with Gasteiger partial charge in [-0.1, -0.05) is 36.0 Å². The summed E-state index contributed by atoms with van der Waals surface area (Å²) in [7, 11) is 0. The first-order valence-corrected chi connectivity index (χ1v) is 6.11. The molecule has 0 fully saturated rings.